The van der Waals surface area contributed by atoms with Crippen molar-refractivity contribution < 1.29 is 0 Å². The summed E-state index contributed by atoms with van der Waals surface area (Å²) in [5, 5.41) is 3.67. The van der Waals surface area contributed by atoms with Crippen LogP contribution in [0, 0.1) is 5.92 Å². The topological polar surface area (TPSA) is 12.0 Å². The van der Waals surface area contributed by atoms with Gasteiger partial charge in [-0.15, -0.1) is 0 Å². The number of nitrogens with one attached hydrogen (secondary N) is 1. The highest BCUT2D eigenvalue weighted by molar-refractivity contribution is 9.10. The zero-order chi connectivity index (χ0) is 16.0. The highest BCUT2D eigenvalue weighted by Gasteiger charge is 2.16. The molecule has 2 rings (SSSR count). The maximum absolute atomic E-state index is 3.68. The molecule has 0 amide bonds. The first-order valence-electron chi connectivity index (χ1n) is 7.96. The molecule has 0 spiro atoms. The van der Waals surface area contributed by atoms with E-state index in [0.29, 0.717) is 5.92 Å². The largest absolute Gasteiger partial charge is 0.312 e. The van der Waals surface area contributed by atoms with Crippen LogP contribution in [0.15, 0.2) is 59.1 Å². The molecule has 0 aliphatic carbocycles. The maximum Gasteiger partial charge on any atom is 0.0207 e. The first kappa shape index (κ1) is 17.2. The Labute approximate surface area is 143 Å². The van der Waals surface area contributed by atoms with E-state index in [-0.39, 0.29) is 5.54 Å². The van der Waals surface area contributed by atoms with Gasteiger partial charge in [-0.3, -0.25) is 0 Å². The molecule has 0 aliphatic heterocycles. The van der Waals surface area contributed by atoms with Crippen LogP contribution in [0.25, 0.3) is 0 Å². The van der Waals surface area contributed by atoms with Gasteiger partial charge in [0.2, 0.25) is 0 Å². The average molecular weight is 360 g/mol. The van der Waals surface area contributed by atoms with E-state index in [0.717, 1.165) is 19.4 Å². The lowest BCUT2D eigenvalue weighted by Gasteiger charge is -2.26. The van der Waals surface area contributed by atoms with Gasteiger partial charge >= 0.3 is 0 Å². The second-order valence-corrected chi connectivity index (χ2v) is 7.84. The fourth-order valence-electron chi connectivity index (χ4n) is 2.59. The minimum absolute atomic E-state index is 0.156. The Balaban J connectivity index is 2.09. The molecule has 0 radical (unpaired) electrons. The van der Waals surface area contributed by atoms with Gasteiger partial charge in [-0.1, -0.05) is 64.5 Å². The van der Waals surface area contributed by atoms with E-state index in [4.69, 9.17) is 0 Å². The molecule has 2 heteroatoms. The molecule has 0 aliphatic rings. The quantitative estimate of drug-likeness (QED) is 0.743. The van der Waals surface area contributed by atoms with Gasteiger partial charge in [-0.2, -0.15) is 0 Å². The van der Waals surface area contributed by atoms with Gasteiger partial charge in [0.05, 0.1) is 0 Å². The normalized spacial score (nSPS) is 13.1. The molecule has 0 bridgehead atoms. The summed E-state index contributed by atoms with van der Waals surface area (Å²) < 4.78 is 1.21. The Morgan fingerprint density at radius 3 is 2.18 bits per heavy atom. The van der Waals surface area contributed by atoms with E-state index in [1.54, 1.807) is 0 Å². The summed E-state index contributed by atoms with van der Waals surface area (Å²) in [6.07, 6.45) is 2.19. The van der Waals surface area contributed by atoms with Crippen molar-refractivity contribution in [1.82, 2.24) is 5.32 Å². The van der Waals surface area contributed by atoms with Crippen LogP contribution in [0.3, 0.4) is 0 Å². The van der Waals surface area contributed by atoms with Crippen molar-refractivity contribution in [2.24, 2.45) is 5.92 Å². The highest BCUT2D eigenvalue weighted by Crippen LogP contribution is 2.22. The van der Waals surface area contributed by atoms with E-state index in [1.165, 1.54) is 15.6 Å². The van der Waals surface area contributed by atoms with Crippen molar-refractivity contribution in [2.75, 3.05) is 6.54 Å². The molecule has 0 saturated carbocycles. The molecule has 0 aromatic heterocycles. The monoisotopic (exact) mass is 359 g/mol. The van der Waals surface area contributed by atoms with Crippen LogP contribution < -0.4 is 5.32 Å². The molecule has 118 valence electrons. The molecule has 0 fully saturated rings. The van der Waals surface area contributed by atoms with Gasteiger partial charge in [0.1, 0.15) is 0 Å². The highest BCUT2D eigenvalue weighted by atomic mass is 79.9. The summed E-state index contributed by atoms with van der Waals surface area (Å²) in [4.78, 5) is 0. The van der Waals surface area contributed by atoms with Crippen molar-refractivity contribution in [3.63, 3.8) is 0 Å². The predicted molar refractivity (Wildman–Crippen MR) is 99.2 cm³/mol. The Bertz CT molecular complexity index is 572. The van der Waals surface area contributed by atoms with E-state index in [9.17, 15) is 0 Å². The summed E-state index contributed by atoms with van der Waals surface area (Å²) in [5.41, 5.74) is 2.96. The zero-order valence-corrected chi connectivity index (χ0v) is 15.4. The second kappa shape index (κ2) is 7.94. The number of halogens is 1. The van der Waals surface area contributed by atoms with Gasteiger partial charge in [0.15, 0.2) is 0 Å². The van der Waals surface area contributed by atoms with Gasteiger partial charge in [0.25, 0.3) is 0 Å². The van der Waals surface area contributed by atoms with Gasteiger partial charge in [-0.05, 0) is 63.3 Å². The molecule has 2 aromatic carbocycles. The molecule has 22 heavy (non-hydrogen) atoms. The molecule has 1 nitrogen and oxygen atoms in total. The Morgan fingerprint density at radius 2 is 1.55 bits per heavy atom. The molecule has 0 heterocycles. The third-order valence-electron chi connectivity index (χ3n) is 3.75. The van der Waals surface area contributed by atoms with Crippen molar-refractivity contribution in [1.29, 1.82) is 0 Å². The standard InChI is InChI=1S/C20H26BrN/c1-20(2,3)22-15-17(13-16-9-5-4-6-10-16)14-18-11-7-8-12-19(18)21/h4-12,17,22H,13-15H2,1-3H3. The van der Waals surface area contributed by atoms with Crippen LogP contribution in [-0.2, 0) is 12.8 Å². The van der Waals surface area contributed by atoms with Gasteiger partial charge in [-0.25, -0.2) is 0 Å². The van der Waals surface area contributed by atoms with Crippen LogP contribution in [0.2, 0.25) is 0 Å². The lowest BCUT2D eigenvalue weighted by atomic mass is 9.91. The van der Waals surface area contributed by atoms with Gasteiger partial charge < -0.3 is 5.32 Å². The van der Waals surface area contributed by atoms with Crippen LogP contribution in [0.1, 0.15) is 31.9 Å². The summed E-state index contributed by atoms with van der Waals surface area (Å²) in [7, 11) is 0. The number of rotatable bonds is 6. The molecule has 1 unspecified atom stereocenters. The Hall–Kier alpha value is -1.12. The molecule has 0 saturated heterocycles. The zero-order valence-electron chi connectivity index (χ0n) is 13.8. The van der Waals surface area contributed by atoms with E-state index >= 15 is 0 Å². The van der Waals surface area contributed by atoms with Crippen LogP contribution in [-0.4, -0.2) is 12.1 Å². The Kier molecular flexibility index (Phi) is 6.22. The van der Waals surface area contributed by atoms with Crippen LogP contribution in [0.5, 0.6) is 0 Å². The summed E-state index contributed by atoms with van der Waals surface area (Å²) in [5.74, 6) is 0.584. The maximum atomic E-state index is 3.68. The van der Waals surface area contributed by atoms with Crippen molar-refractivity contribution in [2.45, 2.75) is 39.2 Å². The molecular formula is C20H26BrN. The lowest BCUT2D eigenvalue weighted by molar-refractivity contribution is 0.367. The first-order valence-corrected chi connectivity index (χ1v) is 8.76. The van der Waals surface area contributed by atoms with E-state index in [2.05, 4.69) is 96.6 Å². The molecule has 1 N–H and O–H groups in total. The summed E-state index contributed by atoms with van der Waals surface area (Å²) in [6, 6.07) is 19.3. The van der Waals surface area contributed by atoms with Crippen molar-refractivity contribution >= 4 is 15.9 Å². The minimum Gasteiger partial charge on any atom is -0.312 e. The summed E-state index contributed by atoms with van der Waals surface area (Å²) in [6.45, 7) is 7.71. The number of hydrogen-bond donors (Lipinski definition) is 1. The fraction of sp³-hybridized carbons (Fsp3) is 0.400. The minimum atomic E-state index is 0.156. The second-order valence-electron chi connectivity index (χ2n) is 6.98. The third-order valence-corrected chi connectivity index (χ3v) is 4.53. The molecule has 2 aromatic rings. The molecule has 1 atom stereocenters. The van der Waals surface area contributed by atoms with E-state index in [1.807, 2.05) is 0 Å². The smallest absolute Gasteiger partial charge is 0.0207 e. The van der Waals surface area contributed by atoms with Gasteiger partial charge in [0, 0.05) is 10.0 Å². The first-order chi connectivity index (χ1) is 10.4. The average Bonchev–Trinajstić information content (AvgIpc) is 2.47. The third kappa shape index (κ3) is 5.94. The number of benzene rings is 2. The van der Waals surface area contributed by atoms with Crippen LogP contribution in [0.4, 0.5) is 0 Å². The fourth-order valence-corrected chi connectivity index (χ4v) is 3.04. The molecular weight excluding hydrogens is 334 g/mol. The van der Waals surface area contributed by atoms with Crippen LogP contribution >= 0.6 is 15.9 Å². The number of hydrogen-bond acceptors (Lipinski definition) is 1. The predicted octanol–water partition coefficient (Wildman–Crippen LogP) is 5.24. The van der Waals surface area contributed by atoms with Crippen molar-refractivity contribution in [3.8, 4) is 0 Å². The SMILES string of the molecule is CC(C)(C)NCC(Cc1ccccc1)Cc1ccccc1Br. The summed E-state index contributed by atoms with van der Waals surface area (Å²) >= 11 is 3.68. The van der Waals surface area contributed by atoms with Crippen molar-refractivity contribution in [3.05, 3.63) is 70.2 Å². The Morgan fingerprint density at radius 1 is 0.909 bits per heavy atom. The lowest BCUT2D eigenvalue weighted by Crippen LogP contribution is -2.40. The van der Waals surface area contributed by atoms with E-state index < -0.39 is 0 Å².